The monoisotopic (exact) mass is 325 g/mol. The van der Waals surface area contributed by atoms with Crippen molar-refractivity contribution in [3.05, 3.63) is 5.01 Å². The lowest BCUT2D eigenvalue weighted by atomic mass is 10.2. The van der Waals surface area contributed by atoms with Crippen LogP contribution in [0.15, 0.2) is 0 Å². The summed E-state index contributed by atoms with van der Waals surface area (Å²) in [7, 11) is 0. The highest BCUT2D eigenvalue weighted by Crippen LogP contribution is 2.17. The molecule has 2 aliphatic heterocycles. The number of hydrogen-bond acceptors (Lipinski definition) is 6. The number of ether oxygens (including phenoxy) is 1. The summed E-state index contributed by atoms with van der Waals surface area (Å²) in [6.45, 7) is 7.23. The van der Waals surface area contributed by atoms with E-state index >= 15 is 0 Å². The van der Waals surface area contributed by atoms with E-state index in [1.807, 2.05) is 11.8 Å². The first-order chi connectivity index (χ1) is 10.7. The van der Waals surface area contributed by atoms with Gasteiger partial charge in [-0.15, -0.1) is 10.2 Å². The second-order valence-corrected chi connectivity index (χ2v) is 6.77. The molecule has 122 valence electrons. The molecule has 0 bridgehead atoms. The van der Waals surface area contributed by atoms with Crippen LogP contribution in [0.2, 0.25) is 0 Å². The Labute approximate surface area is 134 Å². The van der Waals surface area contributed by atoms with Crippen molar-refractivity contribution in [3.63, 3.8) is 0 Å². The van der Waals surface area contributed by atoms with Gasteiger partial charge in [0.25, 0.3) is 0 Å². The van der Waals surface area contributed by atoms with E-state index in [0.29, 0.717) is 11.2 Å². The van der Waals surface area contributed by atoms with E-state index < -0.39 is 0 Å². The number of carbonyl (C=O) groups excluding carboxylic acids is 1. The van der Waals surface area contributed by atoms with E-state index in [4.69, 9.17) is 4.74 Å². The van der Waals surface area contributed by atoms with Gasteiger partial charge in [0, 0.05) is 39.3 Å². The van der Waals surface area contributed by atoms with Crippen molar-refractivity contribution in [1.82, 2.24) is 20.0 Å². The van der Waals surface area contributed by atoms with Gasteiger partial charge in [-0.25, -0.2) is 4.79 Å². The summed E-state index contributed by atoms with van der Waals surface area (Å²) in [4.78, 5) is 16.5. The highest BCUT2D eigenvalue weighted by molar-refractivity contribution is 7.15. The van der Waals surface area contributed by atoms with Crippen molar-refractivity contribution in [2.75, 3.05) is 44.6 Å². The standard InChI is InChI=1S/C14H23N5O2S/c1-2-12-16-17-13(22-12)15-14(20)19-7-5-18(6-8-19)10-11-4-3-9-21-11/h11H,2-10H2,1H3,(H,15,17,20)/t11-/m1/s1. The van der Waals surface area contributed by atoms with Crippen molar-refractivity contribution in [1.29, 1.82) is 0 Å². The third-order valence-electron chi connectivity index (χ3n) is 4.13. The Morgan fingerprint density at radius 3 is 2.82 bits per heavy atom. The van der Waals surface area contributed by atoms with Crippen molar-refractivity contribution in [2.24, 2.45) is 0 Å². The molecule has 22 heavy (non-hydrogen) atoms. The minimum atomic E-state index is -0.0735. The number of nitrogens with one attached hydrogen (secondary N) is 1. The van der Waals surface area contributed by atoms with Crippen molar-refractivity contribution in [2.45, 2.75) is 32.3 Å². The Kier molecular flexibility index (Phi) is 5.22. The molecule has 0 aromatic carbocycles. The van der Waals surface area contributed by atoms with Crippen LogP contribution in [0.5, 0.6) is 0 Å². The first-order valence-corrected chi connectivity index (χ1v) is 8.78. The highest BCUT2D eigenvalue weighted by atomic mass is 32.1. The van der Waals surface area contributed by atoms with E-state index in [9.17, 15) is 4.79 Å². The maximum Gasteiger partial charge on any atom is 0.323 e. The van der Waals surface area contributed by atoms with Gasteiger partial charge in [0.2, 0.25) is 5.13 Å². The fourth-order valence-electron chi connectivity index (χ4n) is 2.83. The van der Waals surface area contributed by atoms with Crippen LogP contribution in [0.1, 0.15) is 24.8 Å². The molecule has 0 unspecified atom stereocenters. The summed E-state index contributed by atoms with van der Waals surface area (Å²) in [5, 5.41) is 12.4. The summed E-state index contributed by atoms with van der Waals surface area (Å²) in [5.41, 5.74) is 0. The Morgan fingerprint density at radius 2 is 2.18 bits per heavy atom. The Morgan fingerprint density at radius 1 is 1.36 bits per heavy atom. The fourth-order valence-corrected chi connectivity index (χ4v) is 3.50. The molecule has 2 aliphatic rings. The van der Waals surface area contributed by atoms with Crippen molar-refractivity contribution >= 4 is 22.5 Å². The quantitative estimate of drug-likeness (QED) is 0.907. The maximum absolute atomic E-state index is 12.2. The number of rotatable bonds is 4. The van der Waals surface area contributed by atoms with E-state index in [0.717, 1.165) is 57.2 Å². The molecule has 1 aromatic heterocycles. The summed E-state index contributed by atoms with van der Waals surface area (Å²) in [6.07, 6.45) is 3.57. The molecule has 1 aromatic rings. The van der Waals surface area contributed by atoms with Gasteiger partial charge in [0.15, 0.2) is 0 Å². The van der Waals surface area contributed by atoms with Gasteiger partial charge in [-0.3, -0.25) is 10.2 Å². The molecule has 7 nitrogen and oxygen atoms in total. The lowest BCUT2D eigenvalue weighted by Crippen LogP contribution is -2.51. The van der Waals surface area contributed by atoms with Gasteiger partial charge < -0.3 is 9.64 Å². The molecule has 0 spiro atoms. The summed E-state index contributed by atoms with van der Waals surface area (Å²) >= 11 is 1.44. The number of aromatic nitrogens is 2. The van der Waals surface area contributed by atoms with Crippen LogP contribution in [0.4, 0.5) is 9.93 Å². The minimum Gasteiger partial charge on any atom is -0.377 e. The van der Waals surface area contributed by atoms with Crippen LogP contribution in [-0.4, -0.2) is 71.5 Å². The third kappa shape index (κ3) is 3.93. The predicted molar refractivity (Wildman–Crippen MR) is 85.3 cm³/mol. The zero-order valence-corrected chi connectivity index (χ0v) is 13.8. The van der Waals surface area contributed by atoms with Gasteiger partial charge in [-0.05, 0) is 19.3 Å². The molecule has 3 rings (SSSR count). The average molecular weight is 325 g/mol. The molecule has 2 saturated heterocycles. The molecule has 0 radical (unpaired) electrons. The molecule has 2 amide bonds. The topological polar surface area (TPSA) is 70.6 Å². The van der Waals surface area contributed by atoms with Crippen LogP contribution in [-0.2, 0) is 11.2 Å². The van der Waals surface area contributed by atoms with Crippen LogP contribution in [0.3, 0.4) is 0 Å². The van der Waals surface area contributed by atoms with Crippen LogP contribution >= 0.6 is 11.3 Å². The van der Waals surface area contributed by atoms with Crippen LogP contribution < -0.4 is 5.32 Å². The van der Waals surface area contributed by atoms with Crippen LogP contribution in [0.25, 0.3) is 0 Å². The number of anilines is 1. The average Bonchev–Trinajstić information content (AvgIpc) is 3.19. The number of nitrogens with zero attached hydrogens (tertiary/aromatic N) is 4. The van der Waals surface area contributed by atoms with Gasteiger partial charge in [-0.2, -0.15) is 0 Å². The van der Waals surface area contributed by atoms with Gasteiger partial charge in [0.1, 0.15) is 5.01 Å². The third-order valence-corrected chi connectivity index (χ3v) is 5.11. The number of carbonyl (C=O) groups is 1. The van der Waals surface area contributed by atoms with Crippen LogP contribution in [0, 0.1) is 0 Å². The Balaban J connectivity index is 1.43. The molecule has 3 heterocycles. The van der Waals surface area contributed by atoms with Crippen molar-refractivity contribution in [3.8, 4) is 0 Å². The first kappa shape index (κ1) is 15.6. The predicted octanol–water partition coefficient (Wildman–Crippen LogP) is 1.43. The molecule has 0 aliphatic carbocycles. The lowest BCUT2D eigenvalue weighted by molar-refractivity contribution is 0.0572. The molecule has 0 saturated carbocycles. The molecule has 8 heteroatoms. The molecule has 1 atom stereocenters. The van der Waals surface area contributed by atoms with E-state index in [-0.39, 0.29) is 6.03 Å². The lowest BCUT2D eigenvalue weighted by Gasteiger charge is -2.35. The van der Waals surface area contributed by atoms with Gasteiger partial charge >= 0.3 is 6.03 Å². The molecular formula is C14H23N5O2S. The zero-order valence-electron chi connectivity index (χ0n) is 13.0. The number of amides is 2. The van der Waals surface area contributed by atoms with Crippen molar-refractivity contribution < 1.29 is 9.53 Å². The number of piperazine rings is 1. The number of aryl methyl sites for hydroxylation is 1. The summed E-state index contributed by atoms with van der Waals surface area (Å²) in [5.74, 6) is 0. The molecule has 2 fully saturated rings. The fraction of sp³-hybridized carbons (Fsp3) is 0.786. The SMILES string of the molecule is CCc1nnc(NC(=O)N2CCN(C[C@H]3CCCO3)CC2)s1. The summed E-state index contributed by atoms with van der Waals surface area (Å²) in [6, 6.07) is -0.0735. The Hall–Kier alpha value is -1.25. The number of hydrogen-bond donors (Lipinski definition) is 1. The second-order valence-electron chi connectivity index (χ2n) is 5.71. The zero-order chi connectivity index (χ0) is 15.4. The number of urea groups is 1. The molecule has 1 N–H and O–H groups in total. The normalized spacial score (nSPS) is 23.0. The first-order valence-electron chi connectivity index (χ1n) is 7.97. The smallest absolute Gasteiger partial charge is 0.323 e. The van der Waals surface area contributed by atoms with E-state index in [2.05, 4.69) is 20.4 Å². The second kappa shape index (κ2) is 7.34. The van der Waals surface area contributed by atoms with Gasteiger partial charge in [0.05, 0.1) is 6.10 Å². The van der Waals surface area contributed by atoms with E-state index in [1.54, 1.807) is 0 Å². The summed E-state index contributed by atoms with van der Waals surface area (Å²) < 4.78 is 5.67. The highest BCUT2D eigenvalue weighted by Gasteiger charge is 2.25. The van der Waals surface area contributed by atoms with E-state index in [1.165, 1.54) is 17.8 Å². The largest absolute Gasteiger partial charge is 0.377 e. The maximum atomic E-state index is 12.2. The molecular weight excluding hydrogens is 302 g/mol. The van der Waals surface area contributed by atoms with Gasteiger partial charge in [-0.1, -0.05) is 18.3 Å². The minimum absolute atomic E-state index is 0.0735. The Bertz CT molecular complexity index is 495.